The van der Waals surface area contributed by atoms with Crippen molar-refractivity contribution in [1.29, 1.82) is 0 Å². The number of aliphatic hydroxyl groups is 1. The second kappa shape index (κ2) is 12.6. The van der Waals surface area contributed by atoms with Crippen molar-refractivity contribution in [3.63, 3.8) is 0 Å². The number of para-hydroxylation sites is 2. The van der Waals surface area contributed by atoms with E-state index in [-0.39, 0.29) is 13.2 Å². The molecule has 0 spiro atoms. The van der Waals surface area contributed by atoms with Crippen LogP contribution >= 0.6 is 0 Å². The fraction of sp³-hybridized carbons (Fsp3) is 0.333. The number of aliphatic hydroxyl groups excluding tert-OH is 1. The molecule has 1 unspecified atom stereocenters. The van der Waals surface area contributed by atoms with Gasteiger partial charge in [0.1, 0.15) is 25.4 Å². The summed E-state index contributed by atoms with van der Waals surface area (Å²) in [6, 6.07) is 26.3. The summed E-state index contributed by atoms with van der Waals surface area (Å²) in [5.74, 6) is 0.961. The summed E-state index contributed by atoms with van der Waals surface area (Å²) in [5.41, 5.74) is 1.84. The fourth-order valence-corrected chi connectivity index (χ4v) is 3.68. The van der Waals surface area contributed by atoms with E-state index in [2.05, 4.69) is 0 Å². The molecular weight excluding hydrogens is 452 g/mol. The Labute approximate surface area is 204 Å². The van der Waals surface area contributed by atoms with E-state index < -0.39 is 30.7 Å². The van der Waals surface area contributed by atoms with Crippen molar-refractivity contribution >= 4 is 0 Å². The molecule has 0 radical (unpaired) electrons. The van der Waals surface area contributed by atoms with Crippen LogP contribution in [0.2, 0.25) is 0 Å². The minimum atomic E-state index is -1.18. The lowest BCUT2D eigenvalue weighted by Crippen LogP contribution is -2.60. The van der Waals surface area contributed by atoms with Crippen molar-refractivity contribution < 1.29 is 38.9 Å². The highest BCUT2D eigenvalue weighted by Gasteiger charge is 2.48. The van der Waals surface area contributed by atoms with Crippen LogP contribution in [-0.4, -0.2) is 42.9 Å². The SMILES string of the molecule is COc1ccccc1OC1O[C@@H](C)[C@H](OOCc2ccccc2)[C@@H](O)[C@H]1OOCc1ccccc1. The molecule has 1 saturated heterocycles. The molecule has 0 bridgehead atoms. The Morgan fingerprint density at radius 2 is 1.23 bits per heavy atom. The van der Waals surface area contributed by atoms with Crippen LogP contribution < -0.4 is 9.47 Å². The lowest BCUT2D eigenvalue weighted by molar-refractivity contribution is -0.434. The van der Waals surface area contributed by atoms with Crippen LogP contribution in [0, 0.1) is 0 Å². The van der Waals surface area contributed by atoms with Gasteiger partial charge in [0, 0.05) is 0 Å². The molecule has 3 aromatic carbocycles. The maximum Gasteiger partial charge on any atom is 0.232 e. The Kier molecular flexibility index (Phi) is 9.08. The molecule has 1 aliphatic heterocycles. The Morgan fingerprint density at radius 1 is 0.714 bits per heavy atom. The highest BCUT2D eigenvalue weighted by Crippen LogP contribution is 2.32. The van der Waals surface area contributed by atoms with Crippen LogP contribution in [0.15, 0.2) is 84.9 Å². The second-order valence-corrected chi connectivity index (χ2v) is 8.09. The van der Waals surface area contributed by atoms with E-state index in [1.54, 1.807) is 26.2 Å². The summed E-state index contributed by atoms with van der Waals surface area (Å²) in [6.07, 6.45) is -4.63. The summed E-state index contributed by atoms with van der Waals surface area (Å²) in [5, 5.41) is 11.2. The molecular formula is C27H30O8. The van der Waals surface area contributed by atoms with E-state index in [4.69, 9.17) is 33.8 Å². The molecule has 35 heavy (non-hydrogen) atoms. The van der Waals surface area contributed by atoms with E-state index in [1.165, 1.54) is 0 Å². The molecule has 4 rings (SSSR count). The largest absolute Gasteiger partial charge is 0.493 e. The molecule has 0 aliphatic carbocycles. The minimum Gasteiger partial charge on any atom is -0.493 e. The van der Waals surface area contributed by atoms with Crippen LogP contribution in [0.3, 0.4) is 0 Å². The third-order valence-electron chi connectivity index (χ3n) is 5.56. The van der Waals surface area contributed by atoms with Gasteiger partial charge in [-0.15, -0.1) is 0 Å². The van der Waals surface area contributed by atoms with E-state index in [1.807, 2.05) is 72.8 Å². The first-order valence-electron chi connectivity index (χ1n) is 11.4. The summed E-state index contributed by atoms with van der Waals surface area (Å²) >= 11 is 0. The lowest BCUT2D eigenvalue weighted by atomic mass is 10.00. The van der Waals surface area contributed by atoms with Crippen molar-refractivity contribution in [2.45, 2.75) is 50.8 Å². The maximum absolute atomic E-state index is 11.2. The van der Waals surface area contributed by atoms with Crippen molar-refractivity contribution in [1.82, 2.24) is 0 Å². The van der Waals surface area contributed by atoms with Gasteiger partial charge in [-0.25, -0.2) is 19.6 Å². The van der Waals surface area contributed by atoms with Gasteiger partial charge in [-0.2, -0.15) is 0 Å². The topological polar surface area (TPSA) is 84.8 Å². The zero-order valence-electron chi connectivity index (χ0n) is 19.7. The molecule has 1 N–H and O–H groups in total. The standard InChI is InChI=1S/C27H30O8/c1-19-25(34-30-17-20-11-5-3-6-12-20)24(28)26(35-31-18-21-13-7-4-8-14-21)27(32-19)33-23-16-10-9-15-22(23)29-2/h3-16,19,24-28H,17-18H2,1-2H3/t19-,24+,25-,26+,27?/m0/s1. The van der Waals surface area contributed by atoms with Crippen LogP contribution in [0.25, 0.3) is 0 Å². The smallest absolute Gasteiger partial charge is 0.232 e. The molecule has 1 fully saturated rings. The van der Waals surface area contributed by atoms with E-state index in [0.717, 1.165) is 11.1 Å². The minimum absolute atomic E-state index is 0.178. The van der Waals surface area contributed by atoms with E-state index in [0.29, 0.717) is 11.5 Å². The Morgan fingerprint density at radius 3 is 1.80 bits per heavy atom. The first-order chi connectivity index (χ1) is 17.2. The van der Waals surface area contributed by atoms with Crippen molar-refractivity contribution in [3.05, 3.63) is 96.1 Å². The van der Waals surface area contributed by atoms with Gasteiger partial charge in [0.2, 0.25) is 6.29 Å². The number of hydrogen-bond donors (Lipinski definition) is 1. The number of hydrogen-bond acceptors (Lipinski definition) is 8. The summed E-state index contributed by atoms with van der Waals surface area (Å²) in [6.45, 7) is 2.16. The molecule has 1 aliphatic rings. The molecule has 8 heteroatoms. The molecule has 1 heterocycles. The van der Waals surface area contributed by atoms with Crippen molar-refractivity contribution in [2.75, 3.05) is 7.11 Å². The number of methoxy groups -OCH3 is 1. The van der Waals surface area contributed by atoms with Crippen LogP contribution in [0.4, 0.5) is 0 Å². The van der Waals surface area contributed by atoms with Gasteiger partial charge in [-0.1, -0.05) is 72.8 Å². The summed E-state index contributed by atoms with van der Waals surface area (Å²) in [7, 11) is 1.55. The summed E-state index contributed by atoms with van der Waals surface area (Å²) < 4.78 is 17.5. The lowest BCUT2D eigenvalue weighted by Gasteiger charge is -2.41. The summed E-state index contributed by atoms with van der Waals surface area (Å²) in [4.78, 5) is 22.1. The average Bonchev–Trinajstić information content (AvgIpc) is 2.89. The van der Waals surface area contributed by atoms with Crippen molar-refractivity contribution in [3.8, 4) is 11.5 Å². The van der Waals surface area contributed by atoms with E-state index in [9.17, 15) is 5.11 Å². The molecule has 5 atom stereocenters. The van der Waals surface area contributed by atoms with Gasteiger partial charge in [0.15, 0.2) is 17.6 Å². The quantitative estimate of drug-likeness (QED) is 0.321. The monoisotopic (exact) mass is 482 g/mol. The molecule has 8 nitrogen and oxygen atoms in total. The predicted molar refractivity (Wildman–Crippen MR) is 126 cm³/mol. The number of rotatable bonds is 11. The third kappa shape index (κ3) is 6.79. The molecule has 3 aromatic rings. The first kappa shape index (κ1) is 25.1. The Hall–Kier alpha value is -2.98. The number of benzene rings is 3. The molecule has 0 amide bonds. The number of ether oxygens (including phenoxy) is 3. The maximum atomic E-state index is 11.2. The highest BCUT2D eigenvalue weighted by molar-refractivity contribution is 5.39. The normalized spacial score (nSPS) is 24.1. The van der Waals surface area contributed by atoms with Gasteiger partial charge < -0.3 is 19.3 Å². The Bertz CT molecular complexity index is 1020. The average molecular weight is 483 g/mol. The molecule has 0 saturated carbocycles. The van der Waals surface area contributed by atoms with Gasteiger partial charge in [0.05, 0.1) is 13.2 Å². The third-order valence-corrected chi connectivity index (χ3v) is 5.56. The van der Waals surface area contributed by atoms with Gasteiger partial charge in [-0.05, 0) is 30.2 Å². The zero-order chi connectivity index (χ0) is 24.5. The van der Waals surface area contributed by atoms with Crippen LogP contribution in [-0.2, 0) is 37.5 Å². The first-order valence-corrected chi connectivity index (χ1v) is 11.4. The van der Waals surface area contributed by atoms with Gasteiger partial charge >= 0.3 is 0 Å². The van der Waals surface area contributed by atoms with Crippen molar-refractivity contribution in [2.24, 2.45) is 0 Å². The van der Waals surface area contributed by atoms with Gasteiger partial charge in [0.25, 0.3) is 0 Å². The van der Waals surface area contributed by atoms with Crippen LogP contribution in [0.5, 0.6) is 11.5 Å². The zero-order valence-corrected chi connectivity index (χ0v) is 19.7. The highest BCUT2D eigenvalue weighted by atomic mass is 17.2. The van der Waals surface area contributed by atoms with Gasteiger partial charge in [-0.3, -0.25) is 0 Å². The van der Waals surface area contributed by atoms with E-state index >= 15 is 0 Å². The predicted octanol–water partition coefficient (Wildman–Crippen LogP) is 4.21. The second-order valence-electron chi connectivity index (χ2n) is 8.09. The fourth-order valence-electron chi connectivity index (χ4n) is 3.68. The molecule has 0 aromatic heterocycles. The van der Waals surface area contributed by atoms with Crippen LogP contribution in [0.1, 0.15) is 18.1 Å². The molecule has 186 valence electrons. The Balaban J connectivity index is 1.44.